The number of aryl methyl sites for hydroxylation is 1. The Morgan fingerprint density at radius 2 is 1.93 bits per heavy atom. The maximum absolute atomic E-state index is 5.02. The highest BCUT2D eigenvalue weighted by molar-refractivity contribution is 5.57. The third-order valence-corrected chi connectivity index (χ3v) is 1.74. The van der Waals surface area contributed by atoms with Crippen molar-refractivity contribution in [1.29, 1.82) is 0 Å². The normalized spacial score (nSPS) is 9.07. The molecule has 0 aliphatic carbocycles. The zero-order chi connectivity index (χ0) is 10.4. The van der Waals surface area contributed by atoms with Gasteiger partial charge in [-0.05, 0) is 13.0 Å². The van der Waals surface area contributed by atoms with E-state index < -0.39 is 0 Å². The Balaban J connectivity index is 0.000000461. The fourth-order valence-electron chi connectivity index (χ4n) is 1.16. The highest BCUT2D eigenvalue weighted by Gasteiger charge is 1.99. The van der Waals surface area contributed by atoms with Gasteiger partial charge in [-0.25, -0.2) is 0 Å². The fraction of sp³-hybridized carbons (Fsp3) is 0.250. The molecule has 74 valence electrons. The van der Waals surface area contributed by atoms with E-state index in [-0.39, 0.29) is 0 Å². The van der Waals surface area contributed by atoms with E-state index in [1.807, 2.05) is 32.0 Å². The van der Waals surface area contributed by atoms with E-state index in [0.29, 0.717) is 0 Å². The number of hydrogen-bond acceptors (Lipinski definition) is 2. The third kappa shape index (κ3) is 2.46. The van der Waals surface area contributed by atoms with E-state index >= 15 is 0 Å². The van der Waals surface area contributed by atoms with Gasteiger partial charge in [0.25, 0.3) is 0 Å². The Morgan fingerprint density at radius 3 is 2.50 bits per heavy atom. The van der Waals surface area contributed by atoms with E-state index in [1.54, 1.807) is 6.20 Å². The van der Waals surface area contributed by atoms with Gasteiger partial charge in [-0.15, -0.1) is 0 Å². The van der Waals surface area contributed by atoms with E-state index in [1.165, 1.54) is 5.56 Å². The molecule has 0 fully saturated rings. The highest BCUT2D eigenvalue weighted by atomic mass is 16.5. The Bertz CT molecular complexity index is 366. The van der Waals surface area contributed by atoms with Crippen molar-refractivity contribution in [1.82, 2.24) is 5.16 Å². The van der Waals surface area contributed by atoms with Crippen molar-refractivity contribution >= 4 is 0 Å². The standard InChI is InChI=1S/C10H9NO.C2H6/c1-8-3-2-4-9(7-8)10-5-6-11-12-10;1-2/h2-7H,1H3;1-2H3. The average molecular weight is 189 g/mol. The minimum Gasteiger partial charge on any atom is -0.356 e. The van der Waals surface area contributed by atoms with E-state index in [0.717, 1.165) is 11.3 Å². The molecule has 0 aliphatic heterocycles. The van der Waals surface area contributed by atoms with Crippen molar-refractivity contribution in [3.05, 3.63) is 42.1 Å². The van der Waals surface area contributed by atoms with Crippen LogP contribution in [0.1, 0.15) is 19.4 Å². The lowest BCUT2D eigenvalue weighted by Gasteiger charge is -1.95. The first-order chi connectivity index (χ1) is 6.86. The summed E-state index contributed by atoms with van der Waals surface area (Å²) < 4.78 is 5.02. The number of nitrogens with zero attached hydrogens (tertiary/aromatic N) is 1. The zero-order valence-corrected chi connectivity index (χ0v) is 8.82. The topological polar surface area (TPSA) is 26.0 Å². The first kappa shape index (κ1) is 10.5. The summed E-state index contributed by atoms with van der Waals surface area (Å²) in [6, 6.07) is 10.00. The summed E-state index contributed by atoms with van der Waals surface area (Å²) in [6.45, 7) is 6.06. The van der Waals surface area contributed by atoms with Crippen LogP contribution in [-0.2, 0) is 0 Å². The molecule has 0 saturated carbocycles. The molecule has 1 heterocycles. The molecule has 0 unspecified atom stereocenters. The van der Waals surface area contributed by atoms with Crippen molar-refractivity contribution < 1.29 is 4.52 Å². The maximum atomic E-state index is 5.02. The van der Waals surface area contributed by atoms with Crippen LogP contribution in [0.4, 0.5) is 0 Å². The lowest BCUT2D eigenvalue weighted by molar-refractivity contribution is 0.432. The van der Waals surface area contributed by atoms with Crippen molar-refractivity contribution in [2.75, 3.05) is 0 Å². The number of aromatic nitrogens is 1. The summed E-state index contributed by atoms with van der Waals surface area (Å²) >= 11 is 0. The van der Waals surface area contributed by atoms with Crippen LogP contribution in [-0.4, -0.2) is 5.16 Å². The molecule has 0 aliphatic rings. The first-order valence-corrected chi connectivity index (χ1v) is 4.84. The largest absolute Gasteiger partial charge is 0.356 e. The number of hydrogen-bond donors (Lipinski definition) is 0. The smallest absolute Gasteiger partial charge is 0.166 e. The van der Waals surface area contributed by atoms with E-state index in [2.05, 4.69) is 24.2 Å². The number of rotatable bonds is 1. The summed E-state index contributed by atoms with van der Waals surface area (Å²) in [5, 5.41) is 3.65. The van der Waals surface area contributed by atoms with Crippen molar-refractivity contribution in [3.63, 3.8) is 0 Å². The van der Waals surface area contributed by atoms with Gasteiger partial charge >= 0.3 is 0 Å². The van der Waals surface area contributed by atoms with Gasteiger partial charge in [0.15, 0.2) is 5.76 Å². The summed E-state index contributed by atoms with van der Waals surface area (Å²) in [4.78, 5) is 0. The van der Waals surface area contributed by atoms with Gasteiger partial charge in [0.05, 0.1) is 6.20 Å². The maximum Gasteiger partial charge on any atom is 0.166 e. The van der Waals surface area contributed by atoms with Crippen LogP contribution in [0, 0.1) is 6.92 Å². The van der Waals surface area contributed by atoms with Gasteiger partial charge in [0.2, 0.25) is 0 Å². The monoisotopic (exact) mass is 189 g/mol. The summed E-state index contributed by atoms with van der Waals surface area (Å²) in [5.74, 6) is 0.818. The Labute approximate surface area is 84.6 Å². The molecule has 2 rings (SSSR count). The lowest BCUT2D eigenvalue weighted by Crippen LogP contribution is -1.75. The fourth-order valence-corrected chi connectivity index (χ4v) is 1.16. The molecule has 0 radical (unpaired) electrons. The minimum absolute atomic E-state index is 0.818. The molecular formula is C12H15NO. The van der Waals surface area contributed by atoms with Crippen LogP contribution in [0.5, 0.6) is 0 Å². The Kier molecular flexibility index (Phi) is 3.92. The lowest BCUT2D eigenvalue weighted by atomic mass is 10.1. The summed E-state index contributed by atoms with van der Waals surface area (Å²) in [5.41, 5.74) is 2.30. The molecule has 2 nitrogen and oxygen atoms in total. The van der Waals surface area contributed by atoms with E-state index in [4.69, 9.17) is 4.52 Å². The second kappa shape index (κ2) is 5.22. The molecule has 0 N–H and O–H groups in total. The molecule has 0 saturated heterocycles. The van der Waals surface area contributed by atoms with Crippen molar-refractivity contribution in [3.8, 4) is 11.3 Å². The van der Waals surface area contributed by atoms with Gasteiger partial charge < -0.3 is 4.52 Å². The predicted octanol–water partition coefficient (Wildman–Crippen LogP) is 3.68. The Morgan fingerprint density at radius 1 is 1.14 bits per heavy atom. The summed E-state index contributed by atoms with van der Waals surface area (Å²) in [6.07, 6.45) is 1.65. The molecule has 0 spiro atoms. The van der Waals surface area contributed by atoms with Crippen molar-refractivity contribution in [2.24, 2.45) is 0 Å². The molecule has 2 aromatic rings. The van der Waals surface area contributed by atoms with E-state index in [9.17, 15) is 0 Å². The molecule has 0 atom stereocenters. The van der Waals surface area contributed by atoms with Gasteiger partial charge in [-0.2, -0.15) is 0 Å². The first-order valence-electron chi connectivity index (χ1n) is 4.84. The van der Waals surface area contributed by atoms with Gasteiger partial charge in [-0.3, -0.25) is 0 Å². The summed E-state index contributed by atoms with van der Waals surface area (Å²) in [7, 11) is 0. The van der Waals surface area contributed by atoms with Crippen LogP contribution in [0.25, 0.3) is 11.3 Å². The van der Waals surface area contributed by atoms with Crippen LogP contribution in [0.2, 0.25) is 0 Å². The molecular weight excluding hydrogens is 174 g/mol. The second-order valence-electron chi connectivity index (χ2n) is 2.75. The predicted molar refractivity (Wildman–Crippen MR) is 58.0 cm³/mol. The third-order valence-electron chi connectivity index (χ3n) is 1.74. The van der Waals surface area contributed by atoms with Gasteiger partial charge in [-0.1, -0.05) is 42.8 Å². The molecule has 0 bridgehead atoms. The van der Waals surface area contributed by atoms with Crippen LogP contribution < -0.4 is 0 Å². The van der Waals surface area contributed by atoms with Crippen LogP contribution in [0.15, 0.2) is 41.1 Å². The minimum atomic E-state index is 0.818. The zero-order valence-electron chi connectivity index (χ0n) is 8.82. The SMILES string of the molecule is CC.Cc1cccc(-c2ccno2)c1. The van der Waals surface area contributed by atoms with Crippen LogP contribution in [0.3, 0.4) is 0 Å². The highest BCUT2D eigenvalue weighted by Crippen LogP contribution is 2.18. The molecule has 0 amide bonds. The molecule has 14 heavy (non-hydrogen) atoms. The number of benzene rings is 1. The molecule has 1 aromatic carbocycles. The van der Waals surface area contributed by atoms with Gasteiger partial charge in [0.1, 0.15) is 0 Å². The van der Waals surface area contributed by atoms with Gasteiger partial charge in [0, 0.05) is 11.6 Å². The average Bonchev–Trinajstić information content (AvgIpc) is 2.74. The second-order valence-corrected chi connectivity index (χ2v) is 2.75. The molecule has 1 aromatic heterocycles. The molecule has 2 heteroatoms. The van der Waals surface area contributed by atoms with Crippen LogP contribution >= 0.6 is 0 Å². The quantitative estimate of drug-likeness (QED) is 0.684. The Hall–Kier alpha value is -1.57. The van der Waals surface area contributed by atoms with Crippen molar-refractivity contribution in [2.45, 2.75) is 20.8 Å².